The first-order valence-corrected chi connectivity index (χ1v) is 10.5. The first-order chi connectivity index (χ1) is 13.6. The van der Waals surface area contributed by atoms with Crippen molar-refractivity contribution in [1.29, 1.82) is 5.26 Å². The number of hydrogen-bond donors (Lipinski definition) is 1. The lowest BCUT2D eigenvalue weighted by Crippen LogP contribution is -3.06. The normalized spacial score (nSPS) is 12.1. The molecule has 0 amide bonds. The van der Waals surface area contributed by atoms with Crippen molar-refractivity contribution >= 4 is 11.8 Å². The van der Waals surface area contributed by atoms with Crippen molar-refractivity contribution in [3.63, 3.8) is 0 Å². The predicted molar refractivity (Wildman–Crippen MR) is 112 cm³/mol. The van der Waals surface area contributed by atoms with Gasteiger partial charge in [0.1, 0.15) is 6.04 Å². The van der Waals surface area contributed by atoms with Crippen molar-refractivity contribution in [2.24, 2.45) is 0 Å². The van der Waals surface area contributed by atoms with E-state index in [1.165, 1.54) is 10.5 Å². The molecule has 0 aliphatic carbocycles. The van der Waals surface area contributed by atoms with E-state index in [9.17, 15) is 0 Å². The minimum absolute atomic E-state index is 0.299. The van der Waals surface area contributed by atoms with Crippen LogP contribution in [0, 0.1) is 11.3 Å². The molecule has 0 fully saturated rings. The molecular weight excluding hydrogens is 366 g/mol. The van der Waals surface area contributed by atoms with Crippen LogP contribution in [0.15, 0.2) is 59.8 Å². The maximum absolute atomic E-state index is 9.11. The Labute approximate surface area is 171 Å². The van der Waals surface area contributed by atoms with Crippen LogP contribution in [0.25, 0.3) is 0 Å². The van der Waals surface area contributed by atoms with Gasteiger partial charge in [0.25, 0.3) is 0 Å². The Morgan fingerprint density at radius 1 is 1.07 bits per heavy atom. The van der Waals surface area contributed by atoms with Crippen LogP contribution in [0.4, 0.5) is 0 Å². The molecule has 144 valence electrons. The molecule has 3 rings (SSSR count). The Kier molecular flexibility index (Phi) is 6.85. The SMILES string of the molecule is CC[C@@H](c1nnc(SCc2cccc(C#N)c2)n1Cc1ccccc1)[NH+](C)C. The van der Waals surface area contributed by atoms with E-state index in [1.807, 2.05) is 30.3 Å². The summed E-state index contributed by atoms with van der Waals surface area (Å²) in [6, 6.07) is 20.7. The second-order valence-corrected chi connectivity index (χ2v) is 7.99. The van der Waals surface area contributed by atoms with E-state index in [0.717, 1.165) is 35.3 Å². The molecule has 0 spiro atoms. The van der Waals surface area contributed by atoms with Crippen molar-refractivity contribution in [1.82, 2.24) is 14.8 Å². The van der Waals surface area contributed by atoms with Gasteiger partial charge in [0.2, 0.25) is 0 Å². The van der Waals surface area contributed by atoms with Crippen LogP contribution < -0.4 is 4.90 Å². The number of hydrogen-bond acceptors (Lipinski definition) is 4. The molecule has 3 aromatic rings. The summed E-state index contributed by atoms with van der Waals surface area (Å²) >= 11 is 1.67. The lowest BCUT2D eigenvalue weighted by molar-refractivity contribution is -0.893. The third-order valence-electron chi connectivity index (χ3n) is 4.77. The van der Waals surface area contributed by atoms with E-state index >= 15 is 0 Å². The molecule has 1 heterocycles. The smallest absolute Gasteiger partial charge is 0.192 e. The van der Waals surface area contributed by atoms with Gasteiger partial charge in [0.15, 0.2) is 11.0 Å². The van der Waals surface area contributed by atoms with Gasteiger partial charge < -0.3 is 4.90 Å². The van der Waals surface area contributed by atoms with E-state index in [-0.39, 0.29) is 0 Å². The highest BCUT2D eigenvalue weighted by atomic mass is 32.2. The summed E-state index contributed by atoms with van der Waals surface area (Å²) in [6.07, 6.45) is 1.00. The Hall–Kier alpha value is -2.62. The van der Waals surface area contributed by atoms with Crippen molar-refractivity contribution in [3.05, 3.63) is 77.1 Å². The highest BCUT2D eigenvalue weighted by molar-refractivity contribution is 7.98. The molecule has 6 heteroatoms. The van der Waals surface area contributed by atoms with Crippen LogP contribution in [0.3, 0.4) is 0 Å². The number of aromatic nitrogens is 3. The number of nitriles is 1. The maximum Gasteiger partial charge on any atom is 0.192 e. The zero-order valence-corrected chi connectivity index (χ0v) is 17.4. The Morgan fingerprint density at radius 2 is 1.82 bits per heavy atom. The number of thioether (sulfide) groups is 1. The summed E-state index contributed by atoms with van der Waals surface area (Å²) < 4.78 is 2.25. The molecule has 0 bridgehead atoms. The van der Waals surface area contributed by atoms with Gasteiger partial charge in [-0.25, -0.2) is 0 Å². The molecule has 1 atom stereocenters. The summed E-state index contributed by atoms with van der Waals surface area (Å²) in [5, 5.41) is 19.1. The zero-order valence-electron chi connectivity index (χ0n) is 16.6. The Balaban J connectivity index is 1.89. The summed E-state index contributed by atoms with van der Waals surface area (Å²) in [4.78, 5) is 1.35. The molecule has 2 aromatic carbocycles. The van der Waals surface area contributed by atoms with Crippen LogP contribution >= 0.6 is 11.8 Å². The largest absolute Gasteiger partial charge is 0.331 e. The highest BCUT2D eigenvalue weighted by Gasteiger charge is 2.25. The molecule has 0 saturated heterocycles. The molecule has 0 aliphatic rings. The molecule has 28 heavy (non-hydrogen) atoms. The number of benzene rings is 2. The van der Waals surface area contributed by atoms with Crippen molar-refractivity contribution < 1.29 is 4.90 Å². The van der Waals surface area contributed by atoms with Crippen molar-refractivity contribution in [2.75, 3.05) is 14.1 Å². The zero-order chi connectivity index (χ0) is 19.9. The van der Waals surface area contributed by atoms with Gasteiger partial charge in [-0.2, -0.15) is 5.26 Å². The van der Waals surface area contributed by atoms with Gasteiger partial charge in [-0.3, -0.25) is 4.57 Å². The first kappa shape index (κ1) is 20.1. The molecule has 1 N–H and O–H groups in total. The second kappa shape index (κ2) is 9.54. The number of nitrogens with zero attached hydrogens (tertiary/aromatic N) is 4. The van der Waals surface area contributed by atoms with E-state index in [4.69, 9.17) is 5.26 Å². The molecular formula is C22H26N5S+. The third-order valence-corrected chi connectivity index (χ3v) is 5.81. The topological polar surface area (TPSA) is 58.9 Å². The minimum Gasteiger partial charge on any atom is -0.331 e. The molecule has 0 saturated carbocycles. The van der Waals surface area contributed by atoms with Crippen LogP contribution in [0.2, 0.25) is 0 Å². The van der Waals surface area contributed by atoms with Gasteiger partial charge in [0, 0.05) is 12.2 Å². The maximum atomic E-state index is 9.11. The monoisotopic (exact) mass is 392 g/mol. The fraction of sp³-hybridized carbons (Fsp3) is 0.318. The predicted octanol–water partition coefficient (Wildman–Crippen LogP) is 3.09. The van der Waals surface area contributed by atoms with Gasteiger partial charge in [0.05, 0.1) is 32.3 Å². The molecule has 0 unspecified atom stereocenters. The summed E-state index contributed by atoms with van der Waals surface area (Å²) in [7, 11) is 4.33. The van der Waals surface area contributed by atoms with Crippen LogP contribution in [0.5, 0.6) is 0 Å². The van der Waals surface area contributed by atoms with Crippen LogP contribution in [0.1, 0.15) is 41.9 Å². The van der Waals surface area contributed by atoms with E-state index in [2.05, 4.69) is 66.1 Å². The lowest BCUT2D eigenvalue weighted by atomic mass is 10.2. The van der Waals surface area contributed by atoms with Crippen molar-refractivity contribution in [2.45, 2.75) is 36.8 Å². The number of rotatable bonds is 8. The van der Waals surface area contributed by atoms with Gasteiger partial charge in [-0.15, -0.1) is 10.2 Å². The van der Waals surface area contributed by atoms with E-state index in [1.54, 1.807) is 11.8 Å². The molecule has 0 aliphatic heterocycles. The van der Waals surface area contributed by atoms with Crippen LogP contribution in [-0.4, -0.2) is 28.9 Å². The first-order valence-electron chi connectivity index (χ1n) is 9.51. The number of nitrogens with one attached hydrogen (secondary N) is 1. The van der Waals surface area contributed by atoms with Gasteiger partial charge >= 0.3 is 0 Å². The van der Waals surface area contributed by atoms with Gasteiger partial charge in [-0.05, 0) is 23.3 Å². The fourth-order valence-electron chi connectivity index (χ4n) is 3.31. The third kappa shape index (κ3) is 4.80. The molecule has 1 aromatic heterocycles. The standard InChI is InChI=1S/C22H25N5S/c1-4-20(26(2)3)21-24-25-22(27(21)15-17-9-6-5-7-10-17)28-16-19-12-8-11-18(13-19)14-23/h5-13,20H,4,15-16H2,1-3H3/p+1/t20-/m0/s1. The van der Waals surface area contributed by atoms with E-state index < -0.39 is 0 Å². The summed E-state index contributed by atoms with van der Waals surface area (Å²) in [6.45, 7) is 2.95. The minimum atomic E-state index is 0.299. The Bertz CT molecular complexity index is 943. The van der Waals surface area contributed by atoms with Gasteiger partial charge in [-0.1, -0.05) is 61.2 Å². The average Bonchev–Trinajstić information content (AvgIpc) is 3.10. The molecule has 0 radical (unpaired) electrons. The quantitative estimate of drug-likeness (QED) is 0.599. The lowest BCUT2D eigenvalue weighted by Gasteiger charge is -2.20. The van der Waals surface area contributed by atoms with Crippen LogP contribution in [-0.2, 0) is 12.3 Å². The molecule has 5 nitrogen and oxygen atoms in total. The number of quaternary nitrogens is 1. The average molecular weight is 393 g/mol. The highest BCUT2D eigenvalue weighted by Crippen LogP contribution is 2.25. The van der Waals surface area contributed by atoms with Crippen molar-refractivity contribution in [3.8, 4) is 6.07 Å². The fourth-order valence-corrected chi connectivity index (χ4v) is 4.19. The van der Waals surface area contributed by atoms with E-state index in [0.29, 0.717) is 11.6 Å². The Morgan fingerprint density at radius 3 is 2.50 bits per heavy atom. The second-order valence-electron chi connectivity index (χ2n) is 7.05. The summed E-state index contributed by atoms with van der Waals surface area (Å²) in [5.74, 6) is 1.79. The summed E-state index contributed by atoms with van der Waals surface area (Å²) in [5.41, 5.74) is 3.04.